The van der Waals surface area contributed by atoms with Gasteiger partial charge in [0.1, 0.15) is 23.1 Å². The number of hydrogen-bond acceptors (Lipinski definition) is 6. The Balaban J connectivity index is 1.71. The van der Waals surface area contributed by atoms with Gasteiger partial charge in [0, 0.05) is 6.20 Å². The molecule has 0 aliphatic carbocycles. The molecule has 5 aromatic rings. The molecule has 33 heavy (non-hydrogen) atoms. The van der Waals surface area contributed by atoms with Crippen LogP contribution in [0.25, 0.3) is 28.3 Å². The summed E-state index contributed by atoms with van der Waals surface area (Å²) in [5.74, 6) is 1.28. The van der Waals surface area contributed by atoms with Crippen molar-refractivity contribution in [2.24, 2.45) is 0 Å². The summed E-state index contributed by atoms with van der Waals surface area (Å²) in [6.07, 6.45) is 3.05. The van der Waals surface area contributed by atoms with Crippen molar-refractivity contribution in [3.63, 3.8) is 0 Å². The molecule has 0 bridgehead atoms. The van der Waals surface area contributed by atoms with Gasteiger partial charge in [0.05, 0.1) is 23.7 Å². The van der Waals surface area contributed by atoms with E-state index in [1.807, 2.05) is 30.3 Å². The fraction of sp³-hybridized carbons (Fsp3) is 0.0400. The minimum Gasteiger partial charge on any atom is -0.493 e. The Morgan fingerprint density at radius 3 is 2.58 bits per heavy atom. The second-order valence-corrected chi connectivity index (χ2v) is 7.09. The third-order valence-corrected chi connectivity index (χ3v) is 5.06. The predicted molar refractivity (Wildman–Crippen MR) is 124 cm³/mol. The van der Waals surface area contributed by atoms with Gasteiger partial charge in [-0.2, -0.15) is 10.2 Å². The quantitative estimate of drug-likeness (QED) is 0.409. The molecular weight excluding hydrogens is 418 g/mol. The van der Waals surface area contributed by atoms with Crippen LogP contribution in [0.4, 0.5) is 0 Å². The lowest BCUT2D eigenvalue weighted by Crippen LogP contribution is -2.18. The molecule has 0 aliphatic rings. The molecule has 0 amide bonds. The molecule has 3 heterocycles. The molecular formula is C25H17N5O3. The van der Waals surface area contributed by atoms with E-state index in [-0.39, 0.29) is 22.6 Å². The Labute approximate surface area is 188 Å². The Bertz CT molecular complexity index is 1590. The molecule has 2 aromatic carbocycles. The first-order valence-electron chi connectivity index (χ1n) is 10.1. The molecule has 0 radical (unpaired) electrons. The average molecular weight is 435 g/mol. The van der Waals surface area contributed by atoms with Crippen LogP contribution in [0, 0.1) is 11.3 Å². The first-order valence-corrected chi connectivity index (χ1v) is 10.1. The van der Waals surface area contributed by atoms with E-state index >= 15 is 0 Å². The van der Waals surface area contributed by atoms with Crippen LogP contribution in [0.3, 0.4) is 0 Å². The summed E-state index contributed by atoms with van der Waals surface area (Å²) in [7, 11) is 1.53. The maximum atomic E-state index is 13.4. The van der Waals surface area contributed by atoms with Crippen LogP contribution in [-0.4, -0.2) is 26.5 Å². The highest BCUT2D eigenvalue weighted by Crippen LogP contribution is 2.32. The zero-order chi connectivity index (χ0) is 22.8. The van der Waals surface area contributed by atoms with Crippen LogP contribution < -0.4 is 15.0 Å². The number of methoxy groups -OCH3 is 1. The van der Waals surface area contributed by atoms with Gasteiger partial charge < -0.3 is 14.5 Å². The first-order chi connectivity index (χ1) is 16.2. The lowest BCUT2D eigenvalue weighted by molar-refractivity contribution is 0.374. The number of hydrogen-bond donors (Lipinski definition) is 1. The standard InChI is InChI=1S/C25H17N5O3/c1-32-20-10-4-5-11-21(20)33-24-17(25(31)30-13-7-6-12-22(30)29-24)14-16(15-26)23-27-18-8-2-3-9-19(18)28-23/h2-14H,1H3,(H,27,28). The van der Waals surface area contributed by atoms with Crippen molar-refractivity contribution < 1.29 is 9.47 Å². The van der Waals surface area contributed by atoms with Gasteiger partial charge in [0.15, 0.2) is 11.5 Å². The third kappa shape index (κ3) is 3.68. The van der Waals surface area contributed by atoms with Crippen molar-refractivity contribution >= 4 is 28.3 Å². The number of para-hydroxylation sites is 4. The second-order valence-electron chi connectivity index (χ2n) is 7.09. The lowest BCUT2D eigenvalue weighted by Gasteiger charge is -2.12. The van der Waals surface area contributed by atoms with Crippen molar-refractivity contribution in [2.75, 3.05) is 7.11 Å². The molecule has 0 aliphatic heterocycles. The van der Waals surface area contributed by atoms with E-state index in [9.17, 15) is 10.1 Å². The zero-order valence-electron chi connectivity index (χ0n) is 17.5. The summed E-state index contributed by atoms with van der Waals surface area (Å²) in [5, 5.41) is 9.86. The van der Waals surface area contributed by atoms with E-state index in [4.69, 9.17) is 9.47 Å². The topological polar surface area (TPSA) is 105 Å². The van der Waals surface area contributed by atoms with E-state index in [1.54, 1.807) is 42.6 Å². The highest BCUT2D eigenvalue weighted by atomic mass is 16.5. The van der Waals surface area contributed by atoms with Gasteiger partial charge >= 0.3 is 0 Å². The number of pyridine rings is 1. The van der Waals surface area contributed by atoms with Crippen LogP contribution in [0.15, 0.2) is 77.7 Å². The lowest BCUT2D eigenvalue weighted by atomic mass is 10.2. The monoisotopic (exact) mass is 435 g/mol. The van der Waals surface area contributed by atoms with E-state index < -0.39 is 0 Å². The largest absolute Gasteiger partial charge is 0.493 e. The van der Waals surface area contributed by atoms with E-state index in [2.05, 4.69) is 21.0 Å². The van der Waals surface area contributed by atoms with Gasteiger partial charge in [-0.1, -0.05) is 30.3 Å². The molecule has 8 heteroatoms. The number of nitriles is 1. The van der Waals surface area contributed by atoms with Gasteiger partial charge in [-0.3, -0.25) is 9.20 Å². The van der Waals surface area contributed by atoms with Gasteiger partial charge in [-0.15, -0.1) is 0 Å². The molecule has 0 saturated carbocycles. The number of ether oxygens (including phenoxy) is 2. The Morgan fingerprint density at radius 2 is 1.79 bits per heavy atom. The summed E-state index contributed by atoms with van der Waals surface area (Å²) in [6.45, 7) is 0. The van der Waals surface area contributed by atoms with Gasteiger partial charge in [0.25, 0.3) is 5.56 Å². The molecule has 5 rings (SSSR count). The van der Waals surface area contributed by atoms with Crippen molar-refractivity contribution in [1.82, 2.24) is 19.4 Å². The van der Waals surface area contributed by atoms with Gasteiger partial charge in [0.2, 0.25) is 5.88 Å². The van der Waals surface area contributed by atoms with E-state index in [0.29, 0.717) is 28.5 Å². The van der Waals surface area contributed by atoms with Crippen LogP contribution in [0.2, 0.25) is 0 Å². The number of aromatic nitrogens is 4. The highest BCUT2D eigenvalue weighted by molar-refractivity contribution is 5.91. The van der Waals surface area contributed by atoms with Gasteiger partial charge in [-0.05, 0) is 42.5 Å². The number of H-pyrrole nitrogens is 1. The first kappa shape index (κ1) is 20.0. The number of nitrogens with zero attached hydrogens (tertiary/aromatic N) is 4. The minimum atomic E-state index is -0.380. The average Bonchev–Trinajstić information content (AvgIpc) is 3.28. The van der Waals surface area contributed by atoms with Crippen LogP contribution >= 0.6 is 0 Å². The summed E-state index contributed by atoms with van der Waals surface area (Å²) >= 11 is 0. The normalized spacial score (nSPS) is 11.5. The number of nitrogens with one attached hydrogen (secondary N) is 1. The number of rotatable bonds is 5. The Morgan fingerprint density at radius 1 is 1.03 bits per heavy atom. The number of fused-ring (bicyclic) bond motifs is 2. The zero-order valence-corrected chi connectivity index (χ0v) is 17.5. The number of aromatic amines is 1. The maximum Gasteiger partial charge on any atom is 0.269 e. The predicted octanol–water partition coefficient (Wildman–Crippen LogP) is 4.44. The van der Waals surface area contributed by atoms with Crippen LogP contribution in [0.1, 0.15) is 11.4 Å². The molecule has 160 valence electrons. The molecule has 0 spiro atoms. The van der Waals surface area contributed by atoms with E-state index in [0.717, 1.165) is 5.52 Å². The van der Waals surface area contributed by atoms with E-state index in [1.165, 1.54) is 17.6 Å². The second kappa shape index (κ2) is 8.32. The molecule has 1 N–H and O–H groups in total. The van der Waals surface area contributed by atoms with Crippen molar-refractivity contribution in [3.8, 4) is 23.4 Å². The molecule has 0 unspecified atom stereocenters. The summed E-state index contributed by atoms with van der Waals surface area (Å²) in [4.78, 5) is 25.5. The summed E-state index contributed by atoms with van der Waals surface area (Å²) < 4.78 is 12.8. The van der Waals surface area contributed by atoms with Crippen molar-refractivity contribution in [3.05, 3.63) is 94.7 Å². The molecule has 0 saturated heterocycles. The SMILES string of the molecule is COc1ccccc1Oc1nc2ccccn2c(=O)c1C=C(C#N)c1nc2ccccc2[nH]1. The molecule has 8 nitrogen and oxygen atoms in total. The molecule has 3 aromatic heterocycles. The smallest absolute Gasteiger partial charge is 0.269 e. The highest BCUT2D eigenvalue weighted by Gasteiger charge is 2.17. The fourth-order valence-electron chi connectivity index (χ4n) is 3.47. The molecule has 0 atom stereocenters. The maximum absolute atomic E-state index is 13.4. The van der Waals surface area contributed by atoms with Crippen molar-refractivity contribution in [2.45, 2.75) is 0 Å². The van der Waals surface area contributed by atoms with Crippen molar-refractivity contribution in [1.29, 1.82) is 5.26 Å². The number of benzene rings is 2. The summed E-state index contributed by atoms with van der Waals surface area (Å²) in [6, 6.07) is 21.8. The minimum absolute atomic E-state index is 0.0551. The van der Waals surface area contributed by atoms with Gasteiger partial charge in [-0.25, -0.2) is 4.98 Å². The van der Waals surface area contributed by atoms with Crippen LogP contribution in [0.5, 0.6) is 17.4 Å². The molecule has 0 fully saturated rings. The number of imidazole rings is 1. The van der Waals surface area contributed by atoms with Crippen LogP contribution in [-0.2, 0) is 0 Å². The fourth-order valence-corrected chi connectivity index (χ4v) is 3.47. The number of allylic oxidation sites excluding steroid dienone is 1. The summed E-state index contributed by atoms with van der Waals surface area (Å²) in [5.41, 5.74) is 1.81. The Kier molecular flexibility index (Phi) is 5.05. The third-order valence-electron chi connectivity index (χ3n) is 5.06. The Hall–Kier alpha value is -4.90.